The first-order valence-electron chi connectivity index (χ1n) is 10.0. The van der Waals surface area contributed by atoms with E-state index in [1.54, 1.807) is 6.07 Å². The van der Waals surface area contributed by atoms with Gasteiger partial charge in [-0.05, 0) is 73.7 Å². The molecule has 1 fully saturated rings. The number of rotatable bonds is 5. The smallest absolute Gasteiger partial charge is 0.163 e. The molecule has 1 unspecified atom stereocenters. The van der Waals surface area contributed by atoms with Crippen molar-refractivity contribution >= 4 is 29.0 Å². The molecule has 0 aromatic heterocycles. The number of hydrogen-bond acceptors (Lipinski definition) is 3. The lowest BCUT2D eigenvalue weighted by atomic mass is 9.76. The van der Waals surface area contributed by atoms with Crippen LogP contribution in [0.3, 0.4) is 0 Å². The summed E-state index contributed by atoms with van der Waals surface area (Å²) in [5.41, 5.74) is 3.98. The summed E-state index contributed by atoms with van der Waals surface area (Å²) < 4.78 is 0. The van der Waals surface area contributed by atoms with E-state index in [4.69, 9.17) is 23.2 Å². The third-order valence-electron chi connectivity index (χ3n) is 6.16. The molecule has 28 heavy (non-hydrogen) atoms. The molecule has 0 spiro atoms. The average molecular weight is 417 g/mol. The molecule has 2 aromatic carbocycles. The van der Waals surface area contributed by atoms with Gasteiger partial charge in [-0.2, -0.15) is 0 Å². The van der Waals surface area contributed by atoms with Crippen molar-refractivity contribution in [1.29, 1.82) is 0 Å². The minimum absolute atomic E-state index is 0.198. The van der Waals surface area contributed by atoms with Crippen LogP contribution in [0.15, 0.2) is 36.4 Å². The van der Waals surface area contributed by atoms with Gasteiger partial charge in [0, 0.05) is 19.5 Å². The van der Waals surface area contributed by atoms with Crippen LogP contribution in [0.2, 0.25) is 10.0 Å². The number of halogens is 2. The van der Waals surface area contributed by atoms with Gasteiger partial charge < -0.3 is 4.90 Å². The number of ketones is 1. The second-order valence-electron chi connectivity index (χ2n) is 8.01. The van der Waals surface area contributed by atoms with Crippen LogP contribution in [0.25, 0.3) is 0 Å². The van der Waals surface area contributed by atoms with Crippen LogP contribution in [0.4, 0.5) is 0 Å². The van der Waals surface area contributed by atoms with Crippen LogP contribution in [0.5, 0.6) is 0 Å². The van der Waals surface area contributed by atoms with Gasteiger partial charge in [0.1, 0.15) is 5.54 Å². The van der Waals surface area contributed by atoms with Crippen molar-refractivity contribution in [2.75, 3.05) is 26.2 Å². The summed E-state index contributed by atoms with van der Waals surface area (Å²) in [6.45, 7) is 5.81. The molecule has 2 heterocycles. The number of carbonyl (C=O) groups is 1. The first-order valence-corrected chi connectivity index (χ1v) is 10.8. The standard InChI is InChI=1S/C23H26Cl2N2O/c1-16-5-4-6-19-18(16)9-10-26-23(19,15-27-11-2-3-12-27)22(28)14-17-7-8-20(24)21(25)13-17/h4-8,13,26H,2-3,9-12,14-15H2,1H3. The fourth-order valence-corrected chi connectivity index (χ4v) is 4.99. The number of benzene rings is 2. The first-order chi connectivity index (χ1) is 13.5. The van der Waals surface area contributed by atoms with Gasteiger partial charge in [0.05, 0.1) is 10.0 Å². The molecule has 2 aromatic rings. The van der Waals surface area contributed by atoms with Gasteiger partial charge in [0.2, 0.25) is 0 Å². The fourth-order valence-electron chi connectivity index (χ4n) is 4.67. The quantitative estimate of drug-likeness (QED) is 0.775. The van der Waals surface area contributed by atoms with Crippen LogP contribution in [-0.4, -0.2) is 36.9 Å². The zero-order valence-electron chi connectivity index (χ0n) is 16.2. The molecule has 1 N–H and O–H groups in total. The second-order valence-corrected chi connectivity index (χ2v) is 8.83. The summed E-state index contributed by atoms with van der Waals surface area (Å²) in [6.07, 6.45) is 3.71. The Bertz CT molecular complexity index is 892. The molecule has 148 valence electrons. The van der Waals surface area contributed by atoms with Crippen molar-refractivity contribution in [1.82, 2.24) is 10.2 Å². The largest absolute Gasteiger partial charge is 0.301 e. The predicted octanol–water partition coefficient (Wildman–Crippen LogP) is 4.55. The zero-order chi connectivity index (χ0) is 19.7. The monoisotopic (exact) mass is 416 g/mol. The van der Waals surface area contributed by atoms with Crippen LogP contribution >= 0.6 is 23.2 Å². The molecule has 2 aliphatic rings. The molecular formula is C23H26Cl2N2O. The lowest BCUT2D eigenvalue weighted by Crippen LogP contribution is -2.59. The van der Waals surface area contributed by atoms with E-state index in [0.717, 1.165) is 43.7 Å². The Morgan fingerprint density at radius 3 is 2.68 bits per heavy atom. The van der Waals surface area contributed by atoms with Crippen molar-refractivity contribution in [3.8, 4) is 0 Å². The number of likely N-dealkylation sites (tertiary alicyclic amines) is 1. The summed E-state index contributed by atoms with van der Waals surface area (Å²) in [6, 6.07) is 11.8. The van der Waals surface area contributed by atoms with E-state index in [9.17, 15) is 4.79 Å². The highest BCUT2D eigenvalue weighted by molar-refractivity contribution is 6.42. The van der Waals surface area contributed by atoms with E-state index in [-0.39, 0.29) is 5.78 Å². The Morgan fingerprint density at radius 2 is 1.93 bits per heavy atom. The lowest BCUT2D eigenvalue weighted by Gasteiger charge is -2.42. The van der Waals surface area contributed by atoms with E-state index in [1.807, 2.05) is 12.1 Å². The number of Topliss-reactive ketones (excluding diaryl/α,β-unsaturated/α-hetero) is 1. The summed E-state index contributed by atoms with van der Waals surface area (Å²) in [7, 11) is 0. The Kier molecular flexibility index (Phi) is 5.80. The van der Waals surface area contributed by atoms with Gasteiger partial charge >= 0.3 is 0 Å². The molecule has 0 radical (unpaired) electrons. The lowest BCUT2D eigenvalue weighted by molar-refractivity contribution is -0.126. The van der Waals surface area contributed by atoms with Gasteiger partial charge in [-0.1, -0.05) is 47.5 Å². The van der Waals surface area contributed by atoms with Crippen LogP contribution in [0.1, 0.15) is 35.1 Å². The number of hydrogen-bond donors (Lipinski definition) is 1. The molecule has 0 aliphatic carbocycles. The predicted molar refractivity (Wildman–Crippen MR) is 115 cm³/mol. The van der Waals surface area contributed by atoms with Gasteiger partial charge in [0.15, 0.2) is 5.78 Å². The zero-order valence-corrected chi connectivity index (χ0v) is 17.7. The third-order valence-corrected chi connectivity index (χ3v) is 6.89. The molecule has 5 heteroatoms. The molecule has 1 atom stereocenters. The molecule has 0 bridgehead atoms. The highest BCUT2D eigenvalue weighted by atomic mass is 35.5. The summed E-state index contributed by atoms with van der Waals surface area (Å²) in [4.78, 5) is 16.2. The number of fused-ring (bicyclic) bond motifs is 1. The third kappa shape index (κ3) is 3.73. The van der Waals surface area contributed by atoms with Crippen LogP contribution in [0, 0.1) is 6.92 Å². The van der Waals surface area contributed by atoms with Gasteiger partial charge in [-0.25, -0.2) is 0 Å². The molecule has 3 nitrogen and oxygen atoms in total. The van der Waals surface area contributed by atoms with Crippen molar-refractivity contribution in [3.63, 3.8) is 0 Å². The SMILES string of the molecule is Cc1cccc2c1CCNC2(CN1CCCC1)C(=O)Cc1ccc(Cl)c(Cl)c1. The Balaban J connectivity index is 1.73. The number of aryl methyl sites for hydroxylation is 1. The van der Waals surface area contributed by atoms with Crippen molar-refractivity contribution in [3.05, 3.63) is 68.7 Å². The Labute approximate surface area is 177 Å². The maximum Gasteiger partial charge on any atom is 0.163 e. The molecule has 1 saturated heterocycles. The van der Waals surface area contributed by atoms with Gasteiger partial charge in [-0.3, -0.25) is 10.1 Å². The highest BCUT2D eigenvalue weighted by Crippen LogP contribution is 2.34. The molecule has 0 amide bonds. The Hall–Kier alpha value is -1.39. The minimum atomic E-state index is -0.671. The van der Waals surface area contributed by atoms with E-state index in [2.05, 4.69) is 35.3 Å². The highest BCUT2D eigenvalue weighted by Gasteiger charge is 2.44. The normalized spacial score (nSPS) is 22.2. The maximum atomic E-state index is 13.8. The molecule has 2 aliphatic heterocycles. The number of carbonyl (C=O) groups excluding carboxylic acids is 1. The molecule has 0 saturated carbocycles. The first kappa shape index (κ1) is 19.9. The summed E-state index contributed by atoms with van der Waals surface area (Å²) >= 11 is 12.2. The molecular weight excluding hydrogens is 391 g/mol. The maximum absolute atomic E-state index is 13.8. The van der Waals surface area contributed by atoms with Gasteiger partial charge in [-0.15, -0.1) is 0 Å². The van der Waals surface area contributed by atoms with E-state index in [0.29, 0.717) is 16.5 Å². The van der Waals surface area contributed by atoms with E-state index >= 15 is 0 Å². The summed E-state index contributed by atoms with van der Waals surface area (Å²) in [5, 5.41) is 4.65. The average Bonchev–Trinajstić information content (AvgIpc) is 3.18. The van der Waals surface area contributed by atoms with Crippen molar-refractivity contribution < 1.29 is 4.79 Å². The van der Waals surface area contributed by atoms with Crippen molar-refractivity contribution in [2.24, 2.45) is 0 Å². The van der Waals surface area contributed by atoms with E-state index < -0.39 is 5.54 Å². The fraction of sp³-hybridized carbons (Fsp3) is 0.435. The van der Waals surface area contributed by atoms with E-state index in [1.165, 1.54) is 24.0 Å². The molecule has 4 rings (SSSR count). The minimum Gasteiger partial charge on any atom is -0.301 e. The topological polar surface area (TPSA) is 32.3 Å². The number of nitrogens with zero attached hydrogens (tertiary/aromatic N) is 1. The van der Waals surface area contributed by atoms with Crippen LogP contribution in [-0.2, 0) is 23.2 Å². The number of nitrogens with one attached hydrogen (secondary N) is 1. The van der Waals surface area contributed by atoms with Gasteiger partial charge in [0.25, 0.3) is 0 Å². The second kappa shape index (κ2) is 8.16. The summed E-state index contributed by atoms with van der Waals surface area (Å²) in [5.74, 6) is 0.198. The van der Waals surface area contributed by atoms with Crippen molar-refractivity contribution in [2.45, 2.75) is 38.1 Å². The Morgan fingerprint density at radius 1 is 1.14 bits per heavy atom. The van der Waals surface area contributed by atoms with Crippen LogP contribution < -0.4 is 5.32 Å².